The van der Waals surface area contributed by atoms with E-state index in [0.717, 1.165) is 25.0 Å². The molecule has 1 fully saturated rings. The molecule has 0 saturated carbocycles. The fourth-order valence-electron chi connectivity index (χ4n) is 2.21. The molecule has 1 N–H and O–H groups in total. The minimum absolute atomic E-state index is 0.0995. The Morgan fingerprint density at radius 2 is 1.95 bits per heavy atom. The summed E-state index contributed by atoms with van der Waals surface area (Å²) in [6, 6.07) is 0. The number of carbonyl (C=O) groups is 1. The highest BCUT2D eigenvalue weighted by Gasteiger charge is 2.18. The van der Waals surface area contributed by atoms with Crippen molar-refractivity contribution < 1.29 is 4.79 Å². The van der Waals surface area contributed by atoms with Crippen LogP contribution in [0.3, 0.4) is 0 Å². The second-order valence-corrected chi connectivity index (χ2v) is 6.05. The molecule has 1 saturated heterocycles. The third kappa shape index (κ3) is 3.92. The van der Waals surface area contributed by atoms with Crippen LogP contribution in [0.4, 0.5) is 5.95 Å². The van der Waals surface area contributed by atoms with Gasteiger partial charge in [-0.1, -0.05) is 20.8 Å². The molecule has 0 radical (unpaired) electrons. The first-order valence-corrected chi connectivity index (χ1v) is 7.41. The van der Waals surface area contributed by atoms with Gasteiger partial charge in [-0.25, -0.2) is 9.97 Å². The normalized spacial score (nSPS) is 16.5. The Bertz CT molecular complexity index is 436. The van der Waals surface area contributed by atoms with Crippen LogP contribution in [-0.2, 0) is 0 Å². The molecular formula is C15H24N4O. The van der Waals surface area contributed by atoms with Gasteiger partial charge >= 0.3 is 0 Å². The minimum atomic E-state index is -0.0995. The maximum Gasteiger partial charge on any atom is 0.254 e. The SMILES string of the molecule is CC(C)CNC(=O)c1cnc(N2CCC(C)CC2)nc1. The summed E-state index contributed by atoms with van der Waals surface area (Å²) < 4.78 is 0. The molecule has 110 valence electrons. The smallest absolute Gasteiger partial charge is 0.254 e. The molecule has 2 heterocycles. The van der Waals surface area contributed by atoms with E-state index in [4.69, 9.17) is 0 Å². The van der Waals surface area contributed by atoms with Crippen molar-refractivity contribution >= 4 is 11.9 Å². The first-order chi connectivity index (χ1) is 9.56. The lowest BCUT2D eigenvalue weighted by molar-refractivity contribution is 0.0948. The Hall–Kier alpha value is -1.65. The second kappa shape index (κ2) is 6.68. The van der Waals surface area contributed by atoms with Gasteiger partial charge in [0.25, 0.3) is 5.91 Å². The van der Waals surface area contributed by atoms with Crippen molar-refractivity contribution in [3.63, 3.8) is 0 Å². The molecule has 5 heteroatoms. The van der Waals surface area contributed by atoms with Crippen LogP contribution in [0.15, 0.2) is 12.4 Å². The van der Waals surface area contributed by atoms with Gasteiger partial charge in [0.1, 0.15) is 0 Å². The van der Waals surface area contributed by atoms with E-state index in [1.807, 2.05) is 0 Å². The van der Waals surface area contributed by atoms with Crippen LogP contribution in [-0.4, -0.2) is 35.5 Å². The number of piperidine rings is 1. The number of nitrogens with one attached hydrogen (secondary N) is 1. The lowest BCUT2D eigenvalue weighted by Gasteiger charge is -2.30. The highest BCUT2D eigenvalue weighted by Crippen LogP contribution is 2.19. The number of hydrogen-bond donors (Lipinski definition) is 1. The maximum atomic E-state index is 11.9. The summed E-state index contributed by atoms with van der Waals surface area (Å²) in [6.45, 7) is 9.08. The number of nitrogens with zero attached hydrogens (tertiary/aromatic N) is 3. The van der Waals surface area contributed by atoms with Gasteiger partial charge in [0, 0.05) is 32.0 Å². The number of amides is 1. The summed E-state index contributed by atoms with van der Waals surface area (Å²) in [5.41, 5.74) is 0.528. The van der Waals surface area contributed by atoms with Gasteiger partial charge in [-0.15, -0.1) is 0 Å². The van der Waals surface area contributed by atoms with E-state index in [2.05, 4.69) is 41.0 Å². The molecule has 1 aromatic rings. The zero-order chi connectivity index (χ0) is 14.5. The molecule has 0 atom stereocenters. The van der Waals surface area contributed by atoms with Crippen molar-refractivity contribution in [2.24, 2.45) is 11.8 Å². The predicted octanol–water partition coefficient (Wildman–Crippen LogP) is 2.10. The summed E-state index contributed by atoms with van der Waals surface area (Å²) in [5, 5.41) is 2.87. The van der Waals surface area contributed by atoms with Crippen LogP contribution in [0, 0.1) is 11.8 Å². The summed E-state index contributed by atoms with van der Waals surface area (Å²) in [7, 11) is 0. The number of aromatic nitrogens is 2. The van der Waals surface area contributed by atoms with Crippen molar-refractivity contribution in [3.8, 4) is 0 Å². The second-order valence-electron chi connectivity index (χ2n) is 6.05. The van der Waals surface area contributed by atoms with E-state index in [0.29, 0.717) is 18.0 Å². The highest BCUT2D eigenvalue weighted by atomic mass is 16.1. The van der Waals surface area contributed by atoms with Crippen LogP contribution in [0.5, 0.6) is 0 Å². The minimum Gasteiger partial charge on any atom is -0.352 e. The zero-order valence-electron chi connectivity index (χ0n) is 12.6. The topological polar surface area (TPSA) is 58.1 Å². The summed E-state index contributed by atoms with van der Waals surface area (Å²) in [4.78, 5) is 22.7. The number of carbonyl (C=O) groups excluding carboxylic acids is 1. The molecule has 2 rings (SSSR count). The number of hydrogen-bond acceptors (Lipinski definition) is 4. The molecule has 0 aromatic carbocycles. The third-order valence-corrected chi connectivity index (χ3v) is 3.64. The van der Waals surface area contributed by atoms with Crippen molar-refractivity contribution in [1.82, 2.24) is 15.3 Å². The molecular weight excluding hydrogens is 252 g/mol. The summed E-state index contributed by atoms with van der Waals surface area (Å²) in [5.74, 6) is 1.86. The molecule has 1 aromatic heterocycles. The van der Waals surface area contributed by atoms with Gasteiger partial charge in [0.15, 0.2) is 0 Å². The fraction of sp³-hybridized carbons (Fsp3) is 0.667. The summed E-state index contributed by atoms with van der Waals surface area (Å²) >= 11 is 0. The molecule has 20 heavy (non-hydrogen) atoms. The van der Waals surface area contributed by atoms with Crippen molar-refractivity contribution in [2.45, 2.75) is 33.6 Å². The monoisotopic (exact) mass is 276 g/mol. The zero-order valence-corrected chi connectivity index (χ0v) is 12.6. The van der Waals surface area contributed by atoms with Gasteiger partial charge in [-0.3, -0.25) is 4.79 Å². The first-order valence-electron chi connectivity index (χ1n) is 7.41. The van der Waals surface area contributed by atoms with Gasteiger partial charge in [-0.05, 0) is 24.7 Å². The molecule has 0 aliphatic carbocycles. The predicted molar refractivity (Wildman–Crippen MR) is 79.8 cm³/mol. The Labute approximate surface area is 120 Å². The lowest BCUT2D eigenvalue weighted by atomic mass is 10.00. The van der Waals surface area contributed by atoms with Crippen LogP contribution in [0.2, 0.25) is 0 Å². The van der Waals surface area contributed by atoms with E-state index in [-0.39, 0.29) is 5.91 Å². The van der Waals surface area contributed by atoms with Crippen molar-refractivity contribution in [1.29, 1.82) is 0 Å². The molecule has 0 unspecified atom stereocenters. The van der Waals surface area contributed by atoms with Crippen LogP contribution in [0.25, 0.3) is 0 Å². The molecule has 1 aliphatic rings. The van der Waals surface area contributed by atoms with E-state index < -0.39 is 0 Å². The molecule has 5 nitrogen and oxygen atoms in total. The van der Waals surface area contributed by atoms with E-state index >= 15 is 0 Å². The van der Waals surface area contributed by atoms with Crippen LogP contribution < -0.4 is 10.2 Å². The van der Waals surface area contributed by atoms with Crippen LogP contribution in [0.1, 0.15) is 44.0 Å². The molecule has 1 aliphatic heterocycles. The van der Waals surface area contributed by atoms with Crippen molar-refractivity contribution in [3.05, 3.63) is 18.0 Å². The summed E-state index contributed by atoms with van der Waals surface area (Å²) in [6.07, 6.45) is 5.60. The van der Waals surface area contributed by atoms with E-state index in [1.165, 1.54) is 12.8 Å². The average molecular weight is 276 g/mol. The van der Waals surface area contributed by atoms with Gasteiger partial charge < -0.3 is 10.2 Å². The van der Waals surface area contributed by atoms with E-state index in [1.54, 1.807) is 12.4 Å². The van der Waals surface area contributed by atoms with Crippen LogP contribution >= 0.6 is 0 Å². The Morgan fingerprint density at radius 3 is 2.50 bits per heavy atom. The van der Waals surface area contributed by atoms with Gasteiger partial charge in [0.2, 0.25) is 5.95 Å². The Balaban J connectivity index is 1.94. The maximum absolute atomic E-state index is 11.9. The molecule has 0 spiro atoms. The third-order valence-electron chi connectivity index (χ3n) is 3.64. The van der Waals surface area contributed by atoms with Crippen molar-refractivity contribution in [2.75, 3.05) is 24.5 Å². The highest BCUT2D eigenvalue weighted by molar-refractivity contribution is 5.93. The molecule has 1 amide bonds. The average Bonchev–Trinajstić information content (AvgIpc) is 2.46. The van der Waals surface area contributed by atoms with Gasteiger partial charge in [0.05, 0.1) is 5.56 Å². The van der Waals surface area contributed by atoms with E-state index in [9.17, 15) is 4.79 Å². The largest absolute Gasteiger partial charge is 0.352 e. The number of anilines is 1. The first kappa shape index (κ1) is 14.8. The Morgan fingerprint density at radius 1 is 1.35 bits per heavy atom. The number of rotatable bonds is 4. The Kier molecular flexibility index (Phi) is 4.93. The lowest BCUT2D eigenvalue weighted by Crippen LogP contribution is -2.34. The van der Waals surface area contributed by atoms with Gasteiger partial charge in [-0.2, -0.15) is 0 Å². The molecule has 0 bridgehead atoms. The quantitative estimate of drug-likeness (QED) is 0.915. The standard InChI is InChI=1S/C15H24N4O/c1-11(2)8-16-14(20)13-9-17-15(18-10-13)19-6-4-12(3)5-7-19/h9-12H,4-8H2,1-3H3,(H,16,20). The fourth-order valence-corrected chi connectivity index (χ4v) is 2.21.